The third-order valence-electron chi connectivity index (χ3n) is 1.22. The van der Waals surface area contributed by atoms with Crippen molar-refractivity contribution in [1.82, 2.24) is 0 Å². The maximum atomic E-state index is 5.80. The molecule has 0 saturated heterocycles. The van der Waals surface area contributed by atoms with E-state index in [0.29, 0.717) is 0 Å². The number of hydrogen-bond donors (Lipinski definition) is 2. The van der Waals surface area contributed by atoms with Gasteiger partial charge in [-0.15, -0.1) is 12.6 Å². The lowest BCUT2D eigenvalue weighted by molar-refractivity contribution is 1.42. The molecule has 0 radical (unpaired) electrons. The average molecular weight is 174 g/mol. The van der Waals surface area contributed by atoms with Crippen LogP contribution in [0.5, 0.6) is 0 Å². The minimum atomic E-state index is 0.723. The van der Waals surface area contributed by atoms with Gasteiger partial charge in [-0.1, -0.05) is 11.6 Å². The van der Waals surface area contributed by atoms with Gasteiger partial charge >= 0.3 is 0 Å². The number of thiol groups is 1. The van der Waals surface area contributed by atoms with Crippen molar-refractivity contribution in [3.8, 4) is 0 Å². The van der Waals surface area contributed by atoms with E-state index in [-0.39, 0.29) is 0 Å². The normalized spacial score (nSPS) is 9.50. The van der Waals surface area contributed by atoms with Gasteiger partial charge < -0.3 is 5.32 Å². The quantitative estimate of drug-likeness (QED) is 0.623. The molecule has 0 aliphatic carbocycles. The number of benzene rings is 1. The van der Waals surface area contributed by atoms with Gasteiger partial charge in [0, 0.05) is 11.9 Å². The lowest BCUT2D eigenvalue weighted by Gasteiger charge is -2.02. The molecule has 3 heteroatoms. The molecule has 0 atom stereocenters. The Labute approximate surface area is 70.8 Å². The summed E-state index contributed by atoms with van der Waals surface area (Å²) in [5.41, 5.74) is 0.911. The molecule has 1 aromatic carbocycles. The van der Waals surface area contributed by atoms with E-state index < -0.39 is 0 Å². The van der Waals surface area contributed by atoms with Gasteiger partial charge in [-0.25, -0.2) is 0 Å². The third kappa shape index (κ3) is 1.58. The Hall–Kier alpha value is -0.340. The summed E-state index contributed by atoms with van der Waals surface area (Å²) in [6.45, 7) is 0. The highest BCUT2D eigenvalue weighted by atomic mass is 35.5. The second-order valence-corrected chi connectivity index (χ2v) is 2.84. The first-order chi connectivity index (χ1) is 4.74. The Balaban J connectivity index is 3.09. The second kappa shape index (κ2) is 3.17. The maximum absolute atomic E-state index is 5.80. The largest absolute Gasteiger partial charge is 0.387 e. The molecule has 0 aliphatic rings. The van der Waals surface area contributed by atoms with Crippen molar-refractivity contribution in [3.63, 3.8) is 0 Å². The second-order valence-electron chi connectivity index (χ2n) is 1.91. The summed E-state index contributed by atoms with van der Waals surface area (Å²) in [5, 5.41) is 3.68. The van der Waals surface area contributed by atoms with E-state index in [9.17, 15) is 0 Å². The molecule has 0 amide bonds. The topological polar surface area (TPSA) is 12.0 Å². The van der Waals surface area contributed by atoms with Crippen LogP contribution >= 0.6 is 24.2 Å². The molecule has 0 aliphatic heterocycles. The van der Waals surface area contributed by atoms with E-state index in [1.807, 2.05) is 25.2 Å². The van der Waals surface area contributed by atoms with Crippen molar-refractivity contribution >= 4 is 29.9 Å². The van der Waals surface area contributed by atoms with Gasteiger partial charge in [-0.2, -0.15) is 0 Å². The molecule has 0 fully saturated rings. The monoisotopic (exact) mass is 173 g/mol. The fraction of sp³-hybridized carbons (Fsp3) is 0.143. The van der Waals surface area contributed by atoms with E-state index in [4.69, 9.17) is 11.6 Å². The zero-order valence-corrected chi connectivity index (χ0v) is 7.21. The van der Waals surface area contributed by atoms with Crippen molar-refractivity contribution in [1.29, 1.82) is 0 Å². The van der Waals surface area contributed by atoms with Crippen LogP contribution in [-0.2, 0) is 0 Å². The van der Waals surface area contributed by atoms with Crippen LogP contribution in [0.2, 0.25) is 5.02 Å². The van der Waals surface area contributed by atoms with E-state index in [2.05, 4.69) is 17.9 Å². The van der Waals surface area contributed by atoms with Crippen LogP contribution in [0.25, 0.3) is 0 Å². The maximum Gasteiger partial charge on any atom is 0.0638 e. The van der Waals surface area contributed by atoms with Gasteiger partial charge in [0.1, 0.15) is 0 Å². The first-order valence-corrected chi connectivity index (χ1v) is 3.73. The molecule has 1 rings (SSSR count). The van der Waals surface area contributed by atoms with Crippen LogP contribution in [0, 0.1) is 0 Å². The standard InChI is InChI=1S/C7H8ClNS/c1-9-7-4-5(10)2-3-6(7)8/h2-4,9-10H,1H3. The van der Waals surface area contributed by atoms with Gasteiger partial charge in [0.15, 0.2) is 0 Å². The average Bonchev–Trinajstić information content (AvgIpc) is 1.94. The van der Waals surface area contributed by atoms with Crippen molar-refractivity contribution in [2.24, 2.45) is 0 Å². The lowest BCUT2D eigenvalue weighted by atomic mass is 10.3. The van der Waals surface area contributed by atoms with Crippen LogP contribution < -0.4 is 5.32 Å². The van der Waals surface area contributed by atoms with E-state index in [1.165, 1.54) is 0 Å². The molecule has 10 heavy (non-hydrogen) atoms. The molecule has 0 bridgehead atoms. The Morgan fingerprint density at radius 3 is 2.70 bits per heavy atom. The predicted octanol–water partition coefficient (Wildman–Crippen LogP) is 2.67. The van der Waals surface area contributed by atoms with Crippen LogP contribution in [0.3, 0.4) is 0 Å². The summed E-state index contributed by atoms with van der Waals surface area (Å²) in [5.74, 6) is 0. The van der Waals surface area contributed by atoms with Gasteiger partial charge in [0.2, 0.25) is 0 Å². The zero-order valence-electron chi connectivity index (χ0n) is 5.56. The molecule has 54 valence electrons. The summed E-state index contributed by atoms with van der Waals surface area (Å²) in [6.07, 6.45) is 0. The minimum Gasteiger partial charge on any atom is -0.387 e. The third-order valence-corrected chi connectivity index (χ3v) is 1.83. The highest BCUT2D eigenvalue weighted by Gasteiger charge is 1.95. The summed E-state index contributed by atoms with van der Waals surface area (Å²) in [6, 6.07) is 5.55. The number of rotatable bonds is 1. The molecule has 0 spiro atoms. The highest BCUT2D eigenvalue weighted by molar-refractivity contribution is 7.80. The summed E-state index contributed by atoms with van der Waals surface area (Å²) < 4.78 is 0. The van der Waals surface area contributed by atoms with Crippen LogP contribution in [0.15, 0.2) is 23.1 Å². The summed E-state index contributed by atoms with van der Waals surface area (Å²) in [4.78, 5) is 0.911. The van der Waals surface area contributed by atoms with Gasteiger partial charge in [0.05, 0.1) is 10.7 Å². The number of anilines is 1. The van der Waals surface area contributed by atoms with E-state index in [0.717, 1.165) is 15.6 Å². The molecule has 1 aromatic rings. The van der Waals surface area contributed by atoms with Gasteiger partial charge in [-0.3, -0.25) is 0 Å². The molecule has 1 nitrogen and oxygen atoms in total. The molecule has 0 saturated carbocycles. The van der Waals surface area contributed by atoms with Gasteiger partial charge in [0.25, 0.3) is 0 Å². The zero-order chi connectivity index (χ0) is 7.56. The molecular weight excluding hydrogens is 166 g/mol. The fourth-order valence-electron chi connectivity index (χ4n) is 0.705. The van der Waals surface area contributed by atoms with Crippen molar-refractivity contribution in [3.05, 3.63) is 23.2 Å². The summed E-state index contributed by atoms with van der Waals surface area (Å²) >= 11 is 9.96. The lowest BCUT2D eigenvalue weighted by Crippen LogP contribution is -1.87. The summed E-state index contributed by atoms with van der Waals surface area (Å²) in [7, 11) is 1.83. The Morgan fingerprint density at radius 1 is 1.50 bits per heavy atom. The number of nitrogens with one attached hydrogen (secondary N) is 1. The Morgan fingerprint density at radius 2 is 2.20 bits per heavy atom. The van der Waals surface area contributed by atoms with Crippen LogP contribution in [0.4, 0.5) is 5.69 Å². The van der Waals surface area contributed by atoms with E-state index >= 15 is 0 Å². The molecule has 0 aromatic heterocycles. The number of hydrogen-bond acceptors (Lipinski definition) is 2. The molecule has 1 N–H and O–H groups in total. The number of halogens is 1. The molecular formula is C7H8ClNS. The fourth-order valence-corrected chi connectivity index (χ4v) is 1.12. The molecule has 0 unspecified atom stereocenters. The minimum absolute atomic E-state index is 0.723. The van der Waals surface area contributed by atoms with Crippen molar-refractivity contribution < 1.29 is 0 Å². The molecule has 0 heterocycles. The first kappa shape index (κ1) is 7.76. The highest BCUT2D eigenvalue weighted by Crippen LogP contribution is 2.23. The van der Waals surface area contributed by atoms with Crippen LogP contribution in [0.1, 0.15) is 0 Å². The Kier molecular flexibility index (Phi) is 2.46. The van der Waals surface area contributed by atoms with Gasteiger partial charge in [-0.05, 0) is 18.2 Å². The van der Waals surface area contributed by atoms with E-state index in [1.54, 1.807) is 0 Å². The van der Waals surface area contributed by atoms with Crippen molar-refractivity contribution in [2.75, 3.05) is 12.4 Å². The Bertz CT molecular complexity index is 237. The predicted molar refractivity (Wildman–Crippen MR) is 48.3 cm³/mol. The smallest absolute Gasteiger partial charge is 0.0638 e. The van der Waals surface area contributed by atoms with Crippen molar-refractivity contribution in [2.45, 2.75) is 4.90 Å². The SMILES string of the molecule is CNc1cc(S)ccc1Cl. The van der Waals surface area contributed by atoms with Crippen LogP contribution in [-0.4, -0.2) is 7.05 Å². The first-order valence-electron chi connectivity index (χ1n) is 2.90.